The Kier molecular flexibility index (Phi) is 4.71. The quantitative estimate of drug-likeness (QED) is 0.864. The first-order valence-electron chi connectivity index (χ1n) is 7.69. The molecule has 1 aliphatic heterocycles. The third-order valence-electron chi connectivity index (χ3n) is 4.99. The SMILES string of the molecule is CCC(CC)(C(NC)c1ccc2c(c1)CCO2)N(C)C. The molecule has 112 valence electrons. The molecule has 0 aliphatic carbocycles. The van der Waals surface area contributed by atoms with Gasteiger partial charge in [-0.3, -0.25) is 0 Å². The third-order valence-corrected chi connectivity index (χ3v) is 4.99. The molecule has 0 aromatic heterocycles. The lowest BCUT2D eigenvalue weighted by Gasteiger charge is -2.45. The molecule has 3 heteroatoms. The molecule has 1 N–H and O–H groups in total. The van der Waals surface area contributed by atoms with E-state index in [2.05, 4.69) is 63.4 Å². The van der Waals surface area contributed by atoms with Crippen LogP contribution in [0.1, 0.15) is 43.9 Å². The predicted molar refractivity (Wildman–Crippen MR) is 84.4 cm³/mol. The highest BCUT2D eigenvalue weighted by Crippen LogP contribution is 2.38. The first kappa shape index (κ1) is 15.3. The Morgan fingerprint density at radius 3 is 2.55 bits per heavy atom. The van der Waals surface area contributed by atoms with Gasteiger partial charge in [-0.2, -0.15) is 0 Å². The van der Waals surface area contributed by atoms with Crippen molar-refractivity contribution in [1.29, 1.82) is 0 Å². The van der Waals surface area contributed by atoms with Crippen LogP contribution in [0.2, 0.25) is 0 Å². The highest BCUT2D eigenvalue weighted by atomic mass is 16.5. The number of nitrogens with one attached hydrogen (secondary N) is 1. The number of likely N-dealkylation sites (N-methyl/N-ethyl adjacent to an activating group) is 2. The van der Waals surface area contributed by atoms with Gasteiger partial charge in [-0.25, -0.2) is 0 Å². The largest absolute Gasteiger partial charge is 0.493 e. The van der Waals surface area contributed by atoms with E-state index in [4.69, 9.17) is 4.74 Å². The van der Waals surface area contributed by atoms with Crippen molar-refractivity contribution in [3.05, 3.63) is 29.3 Å². The van der Waals surface area contributed by atoms with Crippen molar-refractivity contribution >= 4 is 0 Å². The molecular weight excluding hydrogens is 248 g/mol. The van der Waals surface area contributed by atoms with E-state index in [1.165, 1.54) is 11.1 Å². The number of hydrogen-bond donors (Lipinski definition) is 1. The zero-order valence-corrected chi connectivity index (χ0v) is 13.5. The van der Waals surface area contributed by atoms with Gasteiger partial charge in [0.15, 0.2) is 0 Å². The summed E-state index contributed by atoms with van der Waals surface area (Å²) in [6, 6.07) is 7.01. The minimum atomic E-state index is 0.141. The van der Waals surface area contributed by atoms with Gasteiger partial charge < -0.3 is 15.0 Å². The average molecular weight is 276 g/mol. The molecule has 0 radical (unpaired) electrons. The number of benzene rings is 1. The van der Waals surface area contributed by atoms with Crippen molar-refractivity contribution in [1.82, 2.24) is 10.2 Å². The Labute approximate surface area is 123 Å². The first-order chi connectivity index (χ1) is 9.58. The fraction of sp³-hybridized carbons (Fsp3) is 0.647. The van der Waals surface area contributed by atoms with Crippen LogP contribution in [0.5, 0.6) is 5.75 Å². The van der Waals surface area contributed by atoms with Crippen LogP contribution < -0.4 is 10.1 Å². The topological polar surface area (TPSA) is 24.5 Å². The summed E-state index contributed by atoms with van der Waals surface area (Å²) in [5.74, 6) is 1.06. The summed E-state index contributed by atoms with van der Waals surface area (Å²) in [7, 11) is 6.44. The predicted octanol–water partition coefficient (Wildman–Crippen LogP) is 3.00. The van der Waals surface area contributed by atoms with Crippen LogP contribution in [-0.4, -0.2) is 38.2 Å². The van der Waals surface area contributed by atoms with Gasteiger partial charge in [-0.15, -0.1) is 0 Å². The number of ether oxygens (including phenoxy) is 1. The van der Waals surface area contributed by atoms with E-state index in [0.29, 0.717) is 6.04 Å². The summed E-state index contributed by atoms with van der Waals surface area (Å²) in [5, 5.41) is 3.55. The summed E-state index contributed by atoms with van der Waals surface area (Å²) in [6.07, 6.45) is 3.28. The Hall–Kier alpha value is -1.06. The zero-order chi connectivity index (χ0) is 14.8. The molecule has 1 heterocycles. The van der Waals surface area contributed by atoms with E-state index in [-0.39, 0.29) is 5.54 Å². The molecular formula is C17H28N2O. The molecule has 0 spiro atoms. The van der Waals surface area contributed by atoms with E-state index in [1.807, 2.05) is 0 Å². The van der Waals surface area contributed by atoms with E-state index in [9.17, 15) is 0 Å². The van der Waals surface area contributed by atoms with Gasteiger partial charge in [0, 0.05) is 12.0 Å². The lowest BCUT2D eigenvalue weighted by molar-refractivity contribution is 0.0917. The molecule has 2 rings (SSSR count). The van der Waals surface area contributed by atoms with Gasteiger partial charge in [0.05, 0.1) is 12.6 Å². The summed E-state index contributed by atoms with van der Waals surface area (Å²) in [5.41, 5.74) is 2.86. The fourth-order valence-corrected chi connectivity index (χ4v) is 3.68. The highest BCUT2D eigenvalue weighted by Gasteiger charge is 2.38. The lowest BCUT2D eigenvalue weighted by Crippen LogP contribution is -2.52. The maximum atomic E-state index is 5.62. The van der Waals surface area contributed by atoms with E-state index in [1.54, 1.807) is 0 Å². The lowest BCUT2D eigenvalue weighted by atomic mass is 9.79. The van der Waals surface area contributed by atoms with Crippen LogP contribution in [0.4, 0.5) is 0 Å². The van der Waals surface area contributed by atoms with Crippen molar-refractivity contribution < 1.29 is 4.74 Å². The molecule has 20 heavy (non-hydrogen) atoms. The summed E-state index contributed by atoms with van der Waals surface area (Å²) >= 11 is 0. The molecule has 0 saturated carbocycles. The van der Waals surface area contributed by atoms with E-state index in [0.717, 1.165) is 31.6 Å². The molecule has 0 saturated heterocycles. The van der Waals surface area contributed by atoms with Crippen LogP contribution >= 0.6 is 0 Å². The fourth-order valence-electron chi connectivity index (χ4n) is 3.68. The average Bonchev–Trinajstić information content (AvgIpc) is 2.91. The molecule has 0 fully saturated rings. The summed E-state index contributed by atoms with van der Waals surface area (Å²) in [6.45, 7) is 5.39. The van der Waals surface area contributed by atoms with Crippen molar-refractivity contribution in [2.45, 2.75) is 44.7 Å². The number of nitrogens with zero attached hydrogens (tertiary/aromatic N) is 1. The summed E-state index contributed by atoms with van der Waals surface area (Å²) in [4.78, 5) is 2.37. The van der Waals surface area contributed by atoms with Gasteiger partial charge in [0.25, 0.3) is 0 Å². The Bertz CT molecular complexity index is 452. The van der Waals surface area contributed by atoms with Crippen molar-refractivity contribution in [3.8, 4) is 5.75 Å². The maximum absolute atomic E-state index is 5.62. The molecule has 1 aliphatic rings. The van der Waals surface area contributed by atoms with Gasteiger partial charge in [-0.1, -0.05) is 26.0 Å². The monoisotopic (exact) mass is 276 g/mol. The summed E-state index contributed by atoms with van der Waals surface area (Å²) < 4.78 is 5.62. The second kappa shape index (κ2) is 6.15. The molecule has 3 nitrogen and oxygen atoms in total. The van der Waals surface area contributed by atoms with E-state index < -0.39 is 0 Å². The molecule has 0 bridgehead atoms. The molecule has 0 amide bonds. The second-order valence-corrected chi connectivity index (χ2v) is 5.89. The van der Waals surface area contributed by atoms with Crippen molar-refractivity contribution in [3.63, 3.8) is 0 Å². The Morgan fingerprint density at radius 2 is 2.00 bits per heavy atom. The second-order valence-electron chi connectivity index (χ2n) is 5.89. The number of hydrogen-bond acceptors (Lipinski definition) is 3. The van der Waals surface area contributed by atoms with Crippen molar-refractivity contribution in [2.75, 3.05) is 27.7 Å². The van der Waals surface area contributed by atoms with Crippen LogP contribution in [0.25, 0.3) is 0 Å². The van der Waals surface area contributed by atoms with Gasteiger partial charge in [0.1, 0.15) is 5.75 Å². The molecule has 1 atom stereocenters. The minimum Gasteiger partial charge on any atom is -0.493 e. The Morgan fingerprint density at radius 1 is 1.30 bits per heavy atom. The van der Waals surface area contributed by atoms with Crippen LogP contribution in [0.3, 0.4) is 0 Å². The van der Waals surface area contributed by atoms with Crippen LogP contribution in [-0.2, 0) is 6.42 Å². The van der Waals surface area contributed by atoms with Gasteiger partial charge >= 0.3 is 0 Å². The number of rotatable bonds is 6. The molecule has 1 aromatic carbocycles. The van der Waals surface area contributed by atoms with Gasteiger partial charge in [0.2, 0.25) is 0 Å². The highest BCUT2D eigenvalue weighted by molar-refractivity contribution is 5.41. The number of fused-ring (bicyclic) bond motifs is 1. The maximum Gasteiger partial charge on any atom is 0.122 e. The first-order valence-corrected chi connectivity index (χ1v) is 7.69. The smallest absolute Gasteiger partial charge is 0.122 e. The zero-order valence-electron chi connectivity index (χ0n) is 13.5. The van der Waals surface area contributed by atoms with Gasteiger partial charge in [-0.05, 0) is 51.2 Å². The Balaban J connectivity index is 2.40. The van der Waals surface area contributed by atoms with Crippen LogP contribution in [0.15, 0.2) is 18.2 Å². The van der Waals surface area contributed by atoms with Crippen molar-refractivity contribution in [2.24, 2.45) is 0 Å². The normalized spacial score (nSPS) is 16.1. The minimum absolute atomic E-state index is 0.141. The molecule has 1 unspecified atom stereocenters. The third kappa shape index (κ3) is 2.45. The van der Waals surface area contributed by atoms with Crippen LogP contribution in [0, 0.1) is 0 Å². The standard InChI is InChI=1S/C17H28N2O/c1-6-17(7-2,19(4)5)16(18-3)14-8-9-15-13(12-14)10-11-20-15/h8-9,12,16,18H,6-7,10-11H2,1-5H3. The molecule has 1 aromatic rings. The van der Waals surface area contributed by atoms with E-state index >= 15 is 0 Å².